The predicted molar refractivity (Wildman–Crippen MR) is 78.1 cm³/mol. The average Bonchev–Trinajstić information content (AvgIpc) is 2.72. The molecule has 0 fully saturated rings. The van der Waals surface area contributed by atoms with E-state index in [1.165, 1.54) is 10.5 Å². The second kappa shape index (κ2) is 4.60. The SMILES string of the molecule is CC(C)c1ccc(N2C(=O)c3ccccc3C2=O)cc1. The average molecular weight is 265 g/mol. The summed E-state index contributed by atoms with van der Waals surface area (Å²) in [6.07, 6.45) is 0. The van der Waals surface area contributed by atoms with E-state index in [0.29, 0.717) is 22.7 Å². The minimum Gasteiger partial charge on any atom is -0.268 e. The van der Waals surface area contributed by atoms with Crippen molar-refractivity contribution in [2.45, 2.75) is 19.8 Å². The highest BCUT2D eigenvalue weighted by Gasteiger charge is 2.36. The second-order valence-corrected chi connectivity index (χ2v) is 5.24. The molecule has 0 atom stereocenters. The van der Waals surface area contributed by atoms with Crippen LogP contribution in [-0.2, 0) is 0 Å². The normalized spacial score (nSPS) is 14.1. The number of fused-ring (bicyclic) bond motifs is 1. The third-order valence-electron chi connectivity index (χ3n) is 3.61. The van der Waals surface area contributed by atoms with Crippen LogP contribution >= 0.6 is 0 Å². The van der Waals surface area contributed by atoms with Crippen molar-refractivity contribution in [1.82, 2.24) is 0 Å². The maximum Gasteiger partial charge on any atom is 0.266 e. The molecule has 0 saturated heterocycles. The lowest BCUT2D eigenvalue weighted by Crippen LogP contribution is -2.29. The third-order valence-corrected chi connectivity index (χ3v) is 3.61. The van der Waals surface area contributed by atoms with E-state index in [1.54, 1.807) is 24.3 Å². The molecule has 0 aliphatic carbocycles. The smallest absolute Gasteiger partial charge is 0.266 e. The predicted octanol–water partition coefficient (Wildman–Crippen LogP) is 3.61. The van der Waals surface area contributed by atoms with Crippen LogP contribution in [0.5, 0.6) is 0 Å². The summed E-state index contributed by atoms with van der Waals surface area (Å²) in [6, 6.07) is 14.5. The standard InChI is InChI=1S/C17H15NO2/c1-11(2)12-7-9-13(10-8-12)18-16(19)14-5-3-4-6-15(14)17(18)20/h3-11H,1-2H3. The molecule has 0 spiro atoms. The molecule has 0 aromatic heterocycles. The van der Waals surface area contributed by atoms with E-state index in [2.05, 4.69) is 13.8 Å². The number of nitrogens with zero attached hydrogens (tertiary/aromatic N) is 1. The van der Waals surface area contributed by atoms with Crippen LogP contribution in [0, 0.1) is 0 Å². The van der Waals surface area contributed by atoms with Crippen molar-refractivity contribution in [1.29, 1.82) is 0 Å². The van der Waals surface area contributed by atoms with Crippen LogP contribution in [0.1, 0.15) is 46.0 Å². The summed E-state index contributed by atoms with van der Waals surface area (Å²) in [7, 11) is 0. The van der Waals surface area contributed by atoms with Gasteiger partial charge in [0.15, 0.2) is 0 Å². The Balaban J connectivity index is 2.00. The van der Waals surface area contributed by atoms with Gasteiger partial charge in [0.25, 0.3) is 11.8 Å². The van der Waals surface area contributed by atoms with Crippen LogP contribution < -0.4 is 4.90 Å². The number of carbonyl (C=O) groups is 2. The van der Waals surface area contributed by atoms with Gasteiger partial charge in [-0.3, -0.25) is 9.59 Å². The monoisotopic (exact) mass is 265 g/mol. The third kappa shape index (κ3) is 1.83. The Bertz CT molecular complexity index is 651. The van der Waals surface area contributed by atoms with E-state index in [0.717, 1.165) is 0 Å². The van der Waals surface area contributed by atoms with Gasteiger partial charge in [-0.2, -0.15) is 0 Å². The number of carbonyl (C=O) groups excluding carboxylic acids is 2. The molecule has 1 heterocycles. The molecule has 0 unspecified atom stereocenters. The Kier molecular flexibility index (Phi) is 2.90. The summed E-state index contributed by atoms with van der Waals surface area (Å²) in [5, 5.41) is 0. The van der Waals surface area contributed by atoms with E-state index in [9.17, 15) is 9.59 Å². The number of benzene rings is 2. The highest BCUT2D eigenvalue weighted by atomic mass is 16.2. The van der Waals surface area contributed by atoms with Crippen molar-refractivity contribution >= 4 is 17.5 Å². The van der Waals surface area contributed by atoms with Gasteiger partial charge in [-0.1, -0.05) is 38.1 Å². The van der Waals surface area contributed by atoms with Crippen LogP contribution in [-0.4, -0.2) is 11.8 Å². The van der Waals surface area contributed by atoms with E-state index >= 15 is 0 Å². The van der Waals surface area contributed by atoms with Crippen molar-refractivity contribution in [2.24, 2.45) is 0 Å². The molecule has 1 aliphatic heterocycles. The molecule has 0 radical (unpaired) electrons. The first-order valence-corrected chi connectivity index (χ1v) is 6.67. The topological polar surface area (TPSA) is 37.4 Å². The largest absolute Gasteiger partial charge is 0.268 e. The Morgan fingerprint density at radius 3 is 1.75 bits per heavy atom. The molecule has 2 amide bonds. The fourth-order valence-corrected chi connectivity index (χ4v) is 2.43. The first-order valence-electron chi connectivity index (χ1n) is 6.67. The van der Waals surface area contributed by atoms with Crippen molar-refractivity contribution < 1.29 is 9.59 Å². The first-order chi connectivity index (χ1) is 9.59. The number of amides is 2. The van der Waals surface area contributed by atoms with Crippen LogP contribution in [0.15, 0.2) is 48.5 Å². The van der Waals surface area contributed by atoms with E-state index in [-0.39, 0.29) is 11.8 Å². The fraction of sp³-hybridized carbons (Fsp3) is 0.176. The van der Waals surface area contributed by atoms with Crippen LogP contribution in [0.2, 0.25) is 0 Å². The van der Waals surface area contributed by atoms with Crippen molar-refractivity contribution in [3.63, 3.8) is 0 Å². The molecule has 0 bridgehead atoms. The maximum atomic E-state index is 12.3. The zero-order chi connectivity index (χ0) is 14.3. The first kappa shape index (κ1) is 12.6. The van der Waals surface area contributed by atoms with E-state index < -0.39 is 0 Å². The fourth-order valence-electron chi connectivity index (χ4n) is 2.43. The molecule has 20 heavy (non-hydrogen) atoms. The molecule has 3 nitrogen and oxygen atoms in total. The molecule has 1 aliphatic rings. The highest BCUT2D eigenvalue weighted by Crippen LogP contribution is 2.29. The highest BCUT2D eigenvalue weighted by molar-refractivity contribution is 6.34. The van der Waals surface area contributed by atoms with Gasteiger partial charge in [0.05, 0.1) is 16.8 Å². The summed E-state index contributed by atoms with van der Waals surface area (Å²) in [6.45, 7) is 4.22. The lowest BCUT2D eigenvalue weighted by Gasteiger charge is -2.15. The molecule has 100 valence electrons. The van der Waals surface area contributed by atoms with Gasteiger partial charge in [0.1, 0.15) is 0 Å². The van der Waals surface area contributed by atoms with Gasteiger partial charge in [-0.25, -0.2) is 4.90 Å². The summed E-state index contributed by atoms with van der Waals surface area (Å²) >= 11 is 0. The summed E-state index contributed by atoms with van der Waals surface area (Å²) in [4.78, 5) is 25.9. The molecule has 0 saturated carbocycles. The molecule has 3 heteroatoms. The van der Waals surface area contributed by atoms with Crippen LogP contribution in [0.25, 0.3) is 0 Å². The lowest BCUT2D eigenvalue weighted by molar-refractivity contribution is 0.0926. The molecular formula is C17H15NO2. The van der Waals surface area contributed by atoms with Gasteiger partial charge < -0.3 is 0 Å². The zero-order valence-electron chi connectivity index (χ0n) is 11.5. The van der Waals surface area contributed by atoms with Gasteiger partial charge in [-0.15, -0.1) is 0 Å². The van der Waals surface area contributed by atoms with Crippen LogP contribution in [0.3, 0.4) is 0 Å². The Hall–Kier alpha value is -2.42. The summed E-state index contributed by atoms with van der Waals surface area (Å²) in [5.74, 6) is -0.0722. The Morgan fingerprint density at radius 2 is 1.30 bits per heavy atom. The number of hydrogen-bond donors (Lipinski definition) is 0. The quantitative estimate of drug-likeness (QED) is 0.778. The van der Waals surface area contributed by atoms with Gasteiger partial charge in [0.2, 0.25) is 0 Å². The number of anilines is 1. The molecular weight excluding hydrogens is 250 g/mol. The second-order valence-electron chi connectivity index (χ2n) is 5.24. The minimum atomic E-state index is -0.247. The van der Waals surface area contributed by atoms with Gasteiger partial charge in [-0.05, 0) is 35.7 Å². The number of hydrogen-bond acceptors (Lipinski definition) is 2. The minimum absolute atomic E-state index is 0.247. The Morgan fingerprint density at radius 1 is 0.800 bits per heavy atom. The summed E-state index contributed by atoms with van der Waals surface area (Å²) < 4.78 is 0. The van der Waals surface area contributed by atoms with Crippen molar-refractivity contribution in [3.8, 4) is 0 Å². The van der Waals surface area contributed by atoms with Crippen molar-refractivity contribution in [2.75, 3.05) is 4.90 Å². The van der Waals surface area contributed by atoms with E-state index in [1.807, 2.05) is 24.3 Å². The molecule has 0 N–H and O–H groups in total. The molecule has 3 rings (SSSR count). The molecule has 2 aromatic rings. The zero-order valence-corrected chi connectivity index (χ0v) is 11.5. The van der Waals surface area contributed by atoms with Gasteiger partial charge >= 0.3 is 0 Å². The van der Waals surface area contributed by atoms with Crippen LogP contribution in [0.4, 0.5) is 5.69 Å². The Labute approximate surface area is 117 Å². The van der Waals surface area contributed by atoms with E-state index in [4.69, 9.17) is 0 Å². The van der Waals surface area contributed by atoms with Crippen molar-refractivity contribution in [3.05, 3.63) is 65.2 Å². The molecule has 2 aromatic carbocycles. The number of imide groups is 1. The maximum absolute atomic E-state index is 12.3. The summed E-state index contributed by atoms with van der Waals surface area (Å²) in [5.41, 5.74) is 2.77. The lowest BCUT2D eigenvalue weighted by atomic mass is 10.0. The van der Waals surface area contributed by atoms with Gasteiger partial charge in [0, 0.05) is 0 Å². The number of rotatable bonds is 2.